The molecule has 3 rings (SSSR count). The summed E-state index contributed by atoms with van der Waals surface area (Å²) in [5.74, 6) is 2.66. The Kier molecular flexibility index (Phi) is 6.01. The number of nitrogens with zero attached hydrogens (tertiary/aromatic N) is 4. The maximum absolute atomic E-state index is 12.6. The van der Waals surface area contributed by atoms with Crippen molar-refractivity contribution in [2.75, 3.05) is 18.8 Å². The molecule has 0 radical (unpaired) electrons. The first-order chi connectivity index (χ1) is 12.5. The number of rotatable bonds is 5. The van der Waals surface area contributed by atoms with Crippen molar-refractivity contribution in [2.24, 2.45) is 11.8 Å². The van der Waals surface area contributed by atoms with E-state index in [2.05, 4.69) is 60.7 Å². The largest absolute Gasteiger partial charge is 0.341 e. The molecular formula is C20H28N4OS. The summed E-state index contributed by atoms with van der Waals surface area (Å²) in [5.41, 5.74) is 2.27. The van der Waals surface area contributed by atoms with Crippen molar-refractivity contribution >= 4 is 17.7 Å². The van der Waals surface area contributed by atoms with E-state index in [9.17, 15) is 4.79 Å². The van der Waals surface area contributed by atoms with Gasteiger partial charge in [-0.3, -0.25) is 4.79 Å². The molecule has 2 atom stereocenters. The van der Waals surface area contributed by atoms with Crippen LogP contribution in [0, 0.1) is 18.8 Å². The van der Waals surface area contributed by atoms with Gasteiger partial charge in [-0.1, -0.05) is 49.4 Å². The van der Waals surface area contributed by atoms with Gasteiger partial charge in [0.15, 0.2) is 11.0 Å². The summed E-state index contributed by atoms with van der Waals surface area (Å²) in [5, 5.41) is 9.54. The predicted molar refractivity (Wildman–Crippen MR) is 106 cm³/mol. The Balaban J connectivity index is 1.70. The number of likely N-dealkylation sites (tertiary alicyclic amines) is 1. The third kappa shape index (κ3) is 4.29. The lowest BCUT2D eigenvalue weighted by Gasteiger charge is -2.34. The minimum atomic E-state index is 0.205. The van der Waals surface area contributed by atoms with Gasteiger partial charge < -0.3 is 9.47 Å². The van der Waals surface area contributed by atoms with Crippen LogP contribution in [0.15, 0.2) is 29.4 Å². The molecule has 2 heterocycles. The van der Waals surface area contributed by atoms with Gasteiger partial charge in [0.05, 0.1) is 5.75 Å². The molecule has 2 unspecified atom stereocenters. The van der Waals surface area contributed by atoms with Crippen LogP contribution in [0.1, 0.15) is 32.8 Å². The van der Waals surface area contributed by atoms with Crippen LogP contribution in [-0.4, -0.2) is 44.4 Å². The standard InChI is InChI=1S/C20H28N4OS/c1-5-24-19(17-8-6-7-14(2)10-17)21-22-20(24)26-13-18(25)23-11-15(3)9-16(4)12-23/h6-8,10,15-16H,5,9,11-13H2,1-4H3. The molecule has 1 aliphatic heterocycles. The van der Waals surface area contributed by atoms with Crippen LogP contribution in [0.3, 0.4) is 0 Å². The molecule has 140 valence electrons. The minimum absolute atomic E-state index is 0.205. The first-order valence-electron chi connectivity index (χ1n) is 9.38. The van der Waals surface area contributed by atoms with E-state index < -0.39 is 0 Å². The highest BCUT2D eigenvalue weighted by atomic mass is 32.2. The quantitative estimate of drug-likeness (QED) is 0.748. The molecule has 0 spiro atoms. The van der Waals surface area contributed by atoms with E-state index in [1.165, 1.54) is 23.7 Å². The summed E-state index contributed by atoms with van der Waals surface area (Å²) in [4.78, 5) is 14.6. The number of aryl methyl sites for hydroxylation is 1. The number of piperidine rings is 1. The SMILES string of the molecule is CCn1c(SCC(=O)N2CC(C)CC(C)C2)nnc1-c1cccc(C)c1. The molecule has 0 saturated carbocycles. The molecule has 6 heteroatoms. The van der Waals surface area contributed by atoms with Gasteiger partial charge in [0.2, 0.25) is 5.91 Å². The summed E-state index contributed by atoms with van der Waals surface area (Å²) in [6, 6.07) is 8.28. The number of carbonyl (C=O) groups is 1. The molecule has 0 aliphatic carbocycles. The molecule has 26 heavy (non-hydrogen) atoms. The van der Waals surface area contributed by atoms with Crippen LogP contribution >= 0.6 is 11.8 Å². The molecule has 1 amide bonds. The number of aromatic nitrogens is 3. The smallest absolute Gasteiger partial charge is 0.233 e. The lowest BCUT2D eigenvalue weighted by Crippen LogP contribution is -2.43. The van der Waals surface area contributed by atoms with E-state index in [-0.39, 0.29) is 5.91 Å². The minimum Gasteiger partial charge on any atom is -0.341 e. The maximum atomic E-state index is 12.6. The zero-order valence-corrected chi connectivity index (χ0v) is 16.9. The second-order valence-electron chi connectivity index (χ2n) is 7.45. The lowest BCUT2D eigenvalue weighted by molar-refractivity contribution is -0.130. The monoisotopic (exact) mass is 372 g/mol. The number of thioether (sulfide) groups is 1. The lowest BCUT2D eigenvalue weighted by atomic mass is 9.92. The van der Waals surface area contributed by atoms with Gasteiger partial charge in [-0.25, -0.2) is 0 Å². The Bertz CT molecular complexity index is 763. The average Bonchev–Trinajstić information content (AvgIpc) is 3.01. The molecule has 2 aromatic rings. The van der Waals surface area contributed by atoms with E-state index in [4.69, 9.17) is 0 Å². The summed E-state index contributed by atoms with van der Waals surface area (Å²) in [7, 11) is 0. The molecule has 1 aromatic heterocycles. The van der Waals surface area contributed by atoms with E-state index in [1.54, 1.807) is 0 Å². The zero-order valence-electron chi connectivity index (χ0n) is 16.1. The van der Waals surface area contributed by atoms with Gasteiger partial charge in [0.25, 0.3) is 0 Å². The Morgan fingerprint density at radius 2 is 1.96 bits per heavy atom. The van der Waals surface area contributed by atoms with Crippen molar-refractivity contribution in [1.82, 2.24) is 19.7 Å². The van der Waals surface area contributed by atoms with Crippen molar-refractivity contribution < 1.29 is 4.79 Å². The summed E-state index contributed by atoms with van der Waals surface area (Å²) in [6.45, 7) is 11.1. The normalized spacial score (nSPS) is 20.4. The fraction of sp³-hybridized carbons (Fsp3) is 0.550. The zero-order chi connectivity index (χ0) is 18.7. The highest BCUT2D eigenvalue weighted by Gasteiger charge is 2.25. The average molecular weight is 373 g/mol. The van der Waals surface area contributed by atoms with Crippen molar-refractivity contribution in [2.45, 2.75) is 45.8 Å². The Morgan fingerprint density at radius 1 is 1.23 bits per heavy atom. The van der Waals surface area contributed by atoms with Crippen LogP contribution in [0.2, 0.25) is 0 Å². The highest BCUT2D eigenvalue weighted by molar-refractivity contribution is 7.99. The van der Waals surface area contributed by atoms with E-state index in [0.29, 0.717) is 17.6 Å². The molecule has 5 nitrogen and oxygen atoms in total. The van der Waals surface area contributed by atoms with Crippen LogP contribution in [0.5, 0.6) is 0 Å². The van der Waals surface area contributed by atoms with Crippen molar-refractivity contribution in [3.8, 4) is 11.4 Å². The molecule has 1 saturated heterocycles. The summed E-state index contributed by atoms with van der Waals surface area (Å²) < 4.78 is 2.09. The number of carbonyl (C=O) groups excluding carboxylic acids is 1. The summed E-state index contributed by atoms with van der Waals surface area (Å²) >= 11 is 1.49. The summed E-state index contributed by atoms with van der Waals surface area (Å²) in [6.07, 6.45) is 1.21. The van der Waals surface area contributed by atoms with Gasteiger partial charge in [-0.15, -0.1) is 10.2 Å². The van der Waals surface area contributed by atoms with Crippen molar-refractivity contribution in [3.05, 3.63) is 29.8 Å². The van der Waals surface area contributed by atoms with Gasteiger partial charge in [0, 0.05) is 25.2 Å². The number of hydrogen-bond acceptors (Lipinski definition) is 4. The molecule has 1 fully saturated rings. The Hall–Kier alpha value is -1.82. The predicted octanol–water partition coefficient (Wildman–Crippen LogP) is 3.87. The molecule has 0 N–H and O–H groups in total. The molecule has 1 aromatic carbocycles. The molecule has 0 bridgehead atoms. The Morgan fingerprint density at radius 3 is 2.62 bits per heavy atom. The van der Waals surface area contributed by atoms with Gasteiger partial charge in [-0.05, 0) is 38.2 Å². The van der Waals surface area contributed by atoms with Gasteiger partial charge >= 0.3 is 0 Å². The highest BCUT2D eigenvalue weighted by Crippen LogP contribution is 2.26. The van der Waals surface area contributed by atoms with Crippen LogP contribution in [0.25, 0.3) is 11.4 Å². The van der Waals surface area contributed by atoms with Crippen molar-refractivity contribution in [1.29, 1.82) is 0 Å². The third-order valence-corrected chi connectivity index (χ3v) is 5.81. The molecular weight excluding hydrogens is 344 g/mol. The topological polar surface area (TPSA) is 51.0 Å². The third-order valence-electron chi connectivity index (χ3n) is 4.86. The number of amides is 1. The second-order valence-corrected chi connectivity index (χ2v) is 8.40. The first kappa shape index (κ1) is 19.0. The van der Waals surface area contributed by atoms with E-state index >= 15 is 0 Å². The fourth-order valence-corrected chi connectivity index (χ4v) is 4.67. The second kappa shape index (κ2) is 8.25. The van der Waals surface area contributed by atoms with Crippen LogP contribution in [0.4, 0.5) is 0 Å². The fourth-order valence-electron chi connectivity index (χ4n) is 3.76. The number of hydrogen-bond donors (Lipinski definition) is 0. The first-order valence-corrected chi connectivity index (χ1v) is 10.4. The molecule has 1 aliphatic rings. The van der Waals surface area contributed by atoms with Gasteiger partial charge in [0.1, 0.15) is 0 Å². The van der Waals surface area contributed by atoms with Crippen LogP contribution < -0.4 is 0 Å². The Labute approximate surface area is 160 Å². The number of benzene rings is 1. The maximum Gasteiger partial charge on any atom is 0.233 e. The van der Waals surface area contributed by atoms with E-state index in [0.717, 1.165) is 36.2 Å². The van der Waals surface area contributed by atoms with Gasteiger partial charge in [-0.2, -0.15) is 0 Å². The van der Waals surface area contributed by atoms with Crippen LogP contribution in [-0.2, 0) is 11.3 Å². The van der Waals surface area contributed by atoms with Crippen molar-refractivity contribution in [3.63, 3.8) is 0 Å². The van der Waals surface area contributed by atoms with E-state index in [1.807, 2.05) is 11.0 Å².